The van der Waals surface area contributed by atoms with Crippen LogP contribution in [0.5, 0.6) is 0 Å². The van der Waals surface area contributed by atoms with Crippen molar-refractivity contribution in [3.05, 3.63) is 11.1 Å². The molecule has 1 saturated carbocycles. The fraction of sp³-hybridized carbons (Fsp3) is 0.846. The largest absolute Gasteiger partial charge is 0.301 e. The van der Waals surface area contributed by atoms with Crippen LogP contribution in [0, 0.1) is 18.3 Å². The summed E-state index contributed by atoms with van der Waals surface area (Å²) in [6.07, 6.45) is 6.62. The summed E-state index contributed by atoms with van der Waals surface area (Å²) in [5, 5.41) is 8.54. The number of aromatic nitrogens is 3. The first-order chi connectivity index (χ1) is 8.02. The van der Waals surface area contributed by atoms with Gasteiger partial charge in [0.05, 0.1) is 0 Å². The van der Waals surface area contributed by atoms with E-state index < -0.39 is 0 Å². The molecule has 0 bridgehead atoms. The fourth-order valence-corrected chi connectivity index (χ4v) is 3.51. The molecule has 0 aliphatic heterocycles. The first-order valence-electron chi connectivity index (χ1n) is 6.58. The molecule has 0 radical (unpaired) electrons. The van der Waals surface area contributed by atoms with Gasteiger partial charge in [0.1, 0.15) is 5.82 Å². The van der Waals surface area contributed by atoms with Crippen LogP contribution in [-0.2, 0) is 6.54 Å². The van der Waals surface area contributed by atoms with Crippen molar-refractivity contribution in [1.82, 2.24) is 14.8 Å². The monoisotopic (exact) mass is 255 g/mol. The summed E-state index contributed by atoms with van der Waals surface area (Å²) in [4.78, 5) is 0. The van der Waals surface area contributed by atoms with Gasteiger partial charge in [-0.15, -0.1) is 10.2 Å². The van der Waals surface area contributed by atoms with Crippen LogP contribution in [0.1, 0.15) is 51.8 Å². The maximum atomic E-state index is 6.11. The summed E-state index contributed by atoms with van der Waals surface area (Å²) in [5.74, 6) is 1.67. The van der Waals surface area contributed by atoms with Crippen LogP contribution < -0.4 is 0 Å². The topological polar surface area (TPSA) is 30.7 Å². The number of hydrogen-bond acceptors (Lipinski definition) is 2. The second-order valence-electron chi connectivity index (χ2n) is 5.91. The predicted octanol–water partition coefficient (Wildman–Crippen LogP) is 3.85. The third-order valence-electron chi connectivity index (χ3n) is 3.89. The lowest BCUT2D eigenvalue weighted by atomic mass is 9.78. The molecular weight excluding hydrogens is 234 g/mol. The van der Waals surface area contributed by atoms with E-state index in [0.29, 0.717) is 10.7 Å². The summed E-state index contributed by atoms with van der Waals surface area (Å²) in [6, 6.07) is 0. The Morgan fingerprint density at radius 2 is 1.94 bits per heavy atom. The second-order valence-corrected chi connectivity index (χ2v) is 6.25. The van der Waals surface area contributed by atoms with E-state index >= 15 is 0 Å². The Kier molecular flexibility index (Phi) is 3.76. The molecule has 0 atom stereocenters. The first-order valence-corrected chi connectivity index (χ1v) is 6.95. The van der Waals surface area contributed by atoms with Crippen molar-refractivity contribution in [2.45, 2.75) is 59.4 Å². The summed E-state index contributed by atoms with van der Waals surface area (Å²) >= 11 is 6.11. The molecule has 0 N–H and O–H groups in total. The van der Waals surface area contributed by atoms with Crippen LogP contribution in [0.25, 0.3) is 0 Å². The number of aryl methyl sites for hydroxylation is 1. The Hall–Kier alpha value is -0.570. The van der Waals surface area contributed by atoms with Gasteiger partial charge in [0.15, 0.2) is 0 Å². The molecule has 1 heterocycles. The highest BCUT2D eigenvalue weighted by Gasteiger charge is 2.35. The Morgan fingerprint density at radius 3 is 2.41 bits per heavy atom. The molecule has 0 amide bonds. The number of nitrogens with zero attached hydrogens (tertiary/aromatic N) is 3. The van der Waals surface area contributed by atoms with E-state index in [1.165, 1.54) is 32.1 Å². The molecule has 0 saturated heterocycles. The normalized spacial score (nSPS) is 19.1. The highest BCUT2D eigenvalue weighted by Crippen LogP contribution is 2.44. The molecular formula is C13H22ClN3. The Morgan fingerprint density at radius 1 is 1.29 bits per heavy atom. The zero-order valence-electron chi connectivity index (χ0n) is 11.0. The van der Waals surface area contributed by atoms with Gasteiger partial charge in [-0.2, -0.15) is 0 Å². The maximum absolute atomic E-state index is 6.11. The minimum Gasteiger partial charge on any atom is -0.301 e. The van der Waals surface area contributed by atoms with Crippen molar-refractivity contribution < 1.29 is 0 Å². The molecule has 1 aliphatic carbocycles. The lowest BCUT2D eigenvalue weighted by Crippen LogP contribution is -2.26. The van der Waals surface area contributed by atoms with Crippen LogP contribution in [0.4, 0.5) is 0 Å². The SMILES string of the molecule is Cc1nnc(Cl)n1CC1(CC(C)C)CCCC1. The summed E-state index contributed by atoms with van der Waals surface area (Å²) < 4.78 is 2.08. The minimum absolute atomic E-state index is 0.422. The van der Waals surface area contributed by atoms with E-state index in [4.69, 9.17) is 11.6 Å². The van der Waals surface area contributed by atoms with Crippen LogP contribution in [0.15, 0.2) is 0 Å². The van der Waals surface area contributed by atoms with Gasteiger partial charge in [0.25, 0.3) is 0 Å². The molecule has 4 heteroatoms. The highest BCUT2D eigenvalue weighted by molar-refractivity contribution is 6.28. The second kappa shape index (κ2) is 4.97. The van der Waals surface area contributed by atoms with Crippen molar-refractivity contribution in [2.75, 3.05) is 0 Å². The van der Waals surface area contributed by atoms with Gasteiger partial charge in [0.2, 0.25) is 5.28 Å². The van der Waals surface area contributed by atoms with Gasteiger partial charge in [-0.3, -0.25) is 0 Å². The third kappa shape index (κ3) is 2.82. The number of rotatable bonds is 4. The van der Waals surface area contributed by atoms with Crippen molar-refractivity contribution in [3.8, 4) is 0 Å². The molecule has 1 fully saturated rings. The fourth-order valence-electron chi connectivity index (χ4n) is 3.29. The van der Waals surface area contributed by atoms with E-state index in [-0.39, 0.29) is 0 Å². The van der Waals surface area contributed by atoms with Crippen LogP contribution >= 0.6 is 11.6 Å². The zero-order chi connectivity index (χ0) is 12.5. The van der Waals surface area contributed by atoms with Crippen molar-refractivity contribution >= 4 is 11.6 Å². The van der Waals surface area contributed by atoms with E-state index in [1.54, 1.807) is 0 Å². The third-order valence-corrected chi connectivity index (χ3v) is 4.17. The minimum atomic E-state index is 0.422. The smallest absolute Gasteiger partial charge is 0.225 e. The molecule has 1 aromatic rings. The molecule has 0 unspecified atom stereocenters. The van der Waals surface area contributed by atoms with Gasteiger partial charge in [0, 0.05) is 6.54 Å². The average molecular weight is 256 g/mol. The highest BCUT2D eigenvalue weighted by atomic mass is 35.5. The van der Waals surface area contributed by atoms with E-state index in [0.717, 1.165) is 18.3 Å². The van der Waals surface area contributed by atoms with Crippen molar-refractivity contribution in [1.29, 1.82) is 0 Å². The van der Waals surface area contributed by atoms with Gasteiger partial charge in [-0.25, -0.2) is 0 Å². The number of hydrogen-bond donors (Lipinski definition) is 0. The van der Waals surface area contributed by atoms with E-state index in [1.807, 2.05) is 6.92 Å². The first kappa shape index (κ1) is 12.9. The molecule has 3 nitrogen and oxygen atoms in total. The average Bonchev–Trinajstić information content (AvgIpc) is 2.80. The lowest BCUT2D eigenvalue weighted by molar-refractivity contribution is 0.195. The maximum Gasteiger partial charge on any atom is 0.225 e. The van der Waals surface area contributed by atoms with Gasteiger partial charge >= 0.3 is 0 Å². The van der Waals surface area contributed by atoms with E-state index in [9.17, 15) is 0 Å². The summed E-state index contributed by atoms with van der Waals surface area (Å²) in [6.45, 7) is 7.58. The van der Waals surface area contributed by atoms with Crippen LogP contribution in [0.2, 0.25) is 5.28 Å². The lowest BCUT2D eigenvalue weighted by Gasteiger charge is -2.31. The predicted molar refractivity (Wildman–Crippen MR) is 70.1 cm³/mol. The van der Waals surface area contributed by atoms with Crippen LogP contribution in [0.3, 0.4) is 0 Å². The van der Waals surface area contributed by atoms with Crippen molar-refractivity contribution in [2.24, 2.45) is 11.3 Å². The molecule has 17 heavy (non-hydrogen) atoms. The molecule has 96 valence electrons. The quantitative estimate of drug-likeness (QED) is 0.818. The van der Waals surface area contributed by atoms with Crippen LogP contribution in [-0.4, -0.2) is 14.8 Å². The molecule has 0 spiro atoms. The van der Waals surface area contributed by atoms with E-state index in [2.05, 4.69) is 28.6 Å². The number of halogens is 1. The molecule has 0 aromatic carbocycles. The molecule has 1 aliphatic rings. The molecule has 1 aromatic heterocycles. The zero-order valence-corrected chi connectivity index (χ0v) is 11.8. The standard InChI is InChI=1S/C13H22ClN3/c1-10(2)8-13(6-4-5-7-13)9-17-11(3)15-16-12(17)14/h10H,4-9H2,1-3H3. The van der Waals surface area contributed by atoms with Gasteiger partial charge < -0.3 is 4.57 Å². The molecule has 2 rings (SSSR count). The summed E-state index contributed by atoms with van der Waals surface area (Å²) in [7, 11) is 0. The van der Waals surface area contributed by atoms with Gasteiger partial charge in [-0.1, -0.05) is 26.7 Å². The summed E-state index contributed by atoms with van der Waals surface area (Å²) in [5.41, 5.74) is 0.422. The van der Waals surface area contributed by atoms with Crippen molar-refractivity contribution in [3.63, 3.8) is 0 Å². The Bertz CT molecular complexity index is 359. The van der Waals surface area contributed by atoms with Gasteiger partial charge in [-0.05, 0) is 49.1 Å². The Labute approximate surface area is 109 Å². The Balaban J connectivity index is 2.18.